The number of rotatable bonds is 5. The lowest BCUT2D eigenvalue weighted by atomic mass is 10.1. The van der Waals surface area contributed by atoms with Crippen LogP contribution in [0.4, 0.5) is 15.9 Å². The predicted molar refractivity (Wildman–Crippen MR) is 123 cm³/mol. The van der Waals surface area contributed by atoms with Crippen LogP contribution in [0, 0.1) is 19.7 Å². The molecule has 158 valence electrons. The summed E-state index contributed by atoms with van der Waals surface area (Å²) >= 11 is 2.82. The minimum atomic E-state index is -0.415. The van der Waals surface area contributed by atoms with Crippen LogP contribution in [-0.4, -0.2) is 23.0 Å². The van der Waals surface area contributed by atoms with E-state index in [0.29, 0.717) is 44.6 Å². The first-order valence-electron chi connectivity index (χ1n) is 9.30. The lowest BCUT2D eigenvalue weighted by Gasteiger charge is -2.11. The number of aromatic nitrogens is 2. The molecule has 1 amide bonds. The predicted octanol–water partition coefficient (Wildman–Crippen LogP) is 5.53. The van der Waals surface area contributed by atoms with E-state index in [2.05, 4.69) is 15.3 Å². The van der Waals surface area contributed by atoms with Crippen LogP contribution in [0.2, 0.25) is 0 Å². The molecule has 0 radical (unpaired) electrons. The summed E-state index contributed by atoms with van der Waals surface area (Å²) in [6.45, 7) is 3.61. The molecule has 0 saturated heterocycles. The molecule has 4 rings (SSSR count). The van der Waals surface area contributed by atoms with Crippen LogP contribution < -0.4 is 15.8 Å². The molecular formula is C22H19FN4O2S2. The van der Waals surface area contributed by atoms with Crippen LogP contribution in [0.1, 0.15) is 20.9 Å². The number of carbonyl (C=O) groups is 1. The van der Waals surface area contributed by atoms with Crippen molar-refractivity contribution in [1.82, 2.24) is 9.97 Å². The summed E-state index contributed by atoms with van der Waals surface area (Å²) in [5, 5.41) is 6.14. The smallest absolute Gasteiger partial charge is 0.255 e. The number of hydrogen-bond acceptors (Lipinski definition) is 7. The molecule has 31 heavy (non-hydrogen) atoms. The highest BCUT2D eigenvalue weighted by atomic mass is 32.1. The van der Waals surface area contributed by atoms with Crippen LogP contribution in [0.5, 0.6) is 5.75 Å². The van der Waals surface area contributed by atoms with Gasteiger partial charge in [-0.05, 0) is 49.7 Å². The average molecular weight is 455 g/mol. The zero-order chi connectivity index (χ0) is 22.1. The van der Waals surface area contributed by atoms with E-state index in [1.165, 1.54) is 35.8 Å². The molecule has 0 bridgehead atoms. The van der Waals surface area contributed by atoms with E-state index in [1.807, 2.05) is 6.92 Å². The van der Waals surface area contributed by atoms with Gasteiger partial charge in [0, 0.05) is 22.2 Å². The minimum Gasteiger partial charge on any atom is -0.497 e. The molecule has 0 aliphatic heterocycles. The fourth-order valence-electron chi connectivity index (χ4n) is 3.06. The number of nitrogen functional groups attached to an aromatic ring is 1. The Bertz CT molecular complexity index is 1280. The standard InChI is InChI=1S/C22H19FN4O2S2/c1-11-7-16(23)15(18-10-30-22(27-18)19-20(24)25-12(2)31-19)9-17(11)26-21(28)13-5-4-6-14(8-13)29-3/h4-10H,24H2,1-3H3,(H,26,28). The molecule has 0 unspecified atom stereocenters. The third kappa shape index (κ3) is 4.28. The number of halogens is 1. The Hall–Kier alpha value is -3.30. The van der Waals surface area contributed by atoms with Gasteiger partial charge in [-0.3, -0.25) is 4.79 Å². The van der Waals surface area contributed by atoms with Crippen molar-refractivity contribution in [2.24, 2.45) is 0 Å². The van der Waals surface area contributed by atoms with Crippen molar-refractivity contribution >= 4 is 40.1 Å². The zero-order valence-electron chi connectivity index (χ0n) is 17.0. The number of methoxy groups -OCH3 is 1. The van der Waals surface area contributed by atoms with Crippen molar-refractivity contribution in [3.63, 3.8) is 0 Å². The summed E-state index contributed by atoms with van der Waals surface area (Å²) < 4.78 is 19.9. The monoisotopic (exact) mass is 454 g/mol. The van der Waals surface area contributed by atoms with Gasteiger partial charge in [-0.15, -0.1) is 22.7 Å². The fourth-order valence-corrected chi connectivity index (χ4v) is 4.82. The summed E-state index contributed by atoms with van der Waals surface area (Å²) in [7, 11) is 1.54. The van der Waals surface area contributed by atoms with Gasteiger partial charge in [0.1, 0.15) is 27.3 Å². The highest BCUT2D eigenvalue weighted by Gasteiger charge is 2.17. The molecular weight excluding hydrogens is 435 g/mol. The van der Waals surface area contributed by atoms with E-state index < -0.39 is 5.82 Å². The first kappa shape index (κ1) is 21.0. The van der Waals surface area contributed by atoms with E-state index in [1.54, 1.807) is 42.6 Å². The number of aryl methyl sites for hydroxylation is 2. The van der Waals surface area contributed by atoms with Crippen LogP contribution in [-0.2, 0) is 0 Å². The number of amides is 1. The Labute approximate surface area is 186 Å². The van der Waals surface area contributed by atoms with E-state index in [4.69, 9.17) is 10.5 Å². The van der Waals surface area contributed by atoms with E-state index >= 15 is 0 Å². The van der Waals surface area contributed by atoms with E-state index in [-0.39, 0.29) is 5.91 Å². The van der Waals surface area contributed by atoms with Gasteiger partial charge in [-0.25, -0.2) is 14.4 Å². The van der Waals surface area contributed by atoms with E-state index in [0.717, 1.165) is 9.88 Å². The number of nitrogens with one attached hydrogen (secondary N) is 1. The van der Waals surface area contributed by atoms with Crippen LogP contribution in [0.15, 0.2) is 41.8 Å². The highest BCUT2D eigenvalue weighted by Crippen LogP contribution is 2.37. The maximum atomic E-state index is 14.8. The lowest BCUT2D eigenvalue weighted by Crippen LogP contribution is -2.13. The second-order valence-electron chi connectivity index (χ2n) is 6.82. The van der Waals surface area contributed by atoms with Crippen molar-refractivity contribution in [1.29, 1.82) is 0 Å². The Kier molecular flexibility index (Phi) is 5.71. The third-order valence-corrected chi connectivity index (χ3v) is 6.61. The van der Waals surface area contributed by atoms with Crippen molar-refractivity contribution in [3.8, 4) is 26.9 Å². The number of nitrogens with zero attached hydrogens (tertiary/aromatic N) is 2. The largest absolute Gasteiger partial charge is 0.497 e. The van der Waals surface area contributed by atoms with Crippen LogP contribution >= 0.6 is 22.7 Å². The fraction of sp³-hybridized carbons (Fsp3) is 0.136. The molecule has 4 aromatic rings. The summed E-state index contributed by atoms with van der Waals surface area (Å²) in [5.41, 5.74) is 8.29. The quantitative estimate of drug-likeness (QED) is 0.414. The second-order valence-corrected chi connectivity index (χ2v) is 8.88. The Morgan fingerprint density at radius 2 is 2.00 bits per heavy atom. The molecule has 0 atom stereocenters. The molecule has 9 heteroatoms. The molecule has 3 N–H and O–H groups in total. The van der Waals surface area contributed by atoms with Crippen molar-refractivity contribution in [2.45, 2.75) is 13.8 Å². The SMILES string of the molecule is COc1cccc(C(=O)Nc2cc(-c3csc(-c4sc(C)nc4N)n3)c(F)cc2C)c1. The van der Waals surface area contributed by atoms with Gasteiger partial charge in [0.25, 0.3) is 5.91 Å². The minimum absolute atomic E-state index is 0.300. The molecule has 0 aliphatic carbocycles. The Balaban J connectivity index is 1.65. The number of ether oxygens (including phenoxy) is 1. The van der Waals surface area contributed by atoms with Crippen molar-refractivity contribution in [2.75, 3.05) is 18.2 Å². The maximum Gasteiger partial charge on any atom is 0.255 e. The number of benzene rings is 2. The van der Waals surface area contributed by atoms with Gasteiger partial charge >= 0.3 is 0 Å². The topological polar surface area (TPSA) is 90.1 Å². The molecule has 0 spiro atoms. The first-order chi connectivity index (χ1) is 14.9. The summed E-state index contributed by atoms with van der Waals surface area (Å²) in [4.78, 5) is 22.2. The maximum absolute atomic E-state index is 14.8. The Morgan fingerprint density at radius 1 is 1.19 bits per heavy atom. The van der Waals surface area contributed by atoms with Gasteiger partial charge in [-0.2, -0.15) is 0 Å². The number of nitrogens with two attached hydrogens (primary N) is 1. The molecule has 6 nitrogen and oxygen atoms in total. The summed E-state index contributed by atoms with van der Waals surface area (Å²) in [6.07, 6.45) is 0. The number of hydrogen-bond donors (Lipinski definition) is 2. The van der Waals surface area contributed by atoms with Gasteiger partial charge in [0.15, 0.2) is 0 Å². The molecule has 2 aromatic carbocycles. The number of anilines is 2. The molecule has 0 saturated carbocycles. The first-order valence-corrected chi connectivity index (χ1v) is 11.0. The van der Waals surface area contributed by atoms with E-state index in [9.17, 15) is 9.18 Å². The summed E-state index contributed by atoms with van der Waals surface area (Å²) in [5.74, 6) is 0.268. The second kappa shape index (κ2) is 8.44. The van der Waals surface area contributed by atoms with Gasteiger partial charge in [0.05, 0.1) is 17.8 Å². The third-order valence-electron chi connectivity index (χ3n) is 4.63. The highest BCUT2D eigenvalue weighted by molar-refractivity contribution is 7.21. The molecule has 0 aliphatic rings. The normalized spacial score (nSPS) is 10.8. The molecule has 2 heterocycles. The van der Waals surface area contributed by atoms with Gasteiger partial charge in [-0.1, -0.05) is 6.07 Å². The number of thiazole rings is 2. The lowest BCUT2D eigenvalue weighted by molar-refractivity contribution is 0.102. The zero-order valence-corrected chi connectivity index (χ0v) is 18.7. The van der Waals surface area contributed by atoms with Crippen molar-refractivity contribution in [3.05, 3.63) is 63.7 Å². The Morgan fingerprint density at radius 3 is 2.71 bits per heavy atom. The van der Waals surface area contributed by atoms with Gasteiger partial charge < -0.3 is 15.8 Å². The summed E-state index contributed by atoms with van der Waals surface area (Å²) in [6, 6.07) is 9.81. The van der Waals surface area contributed by atoms with Crippen LogP contribution in [0.3, 0.4) is 0 Å². The van der Waals surface area contributed by atoms with Crippen LogP contribution in [0.25, 0.3) is 21.1 Å². The number of carbonyl (C=O) groups excluding carboxylic acids is 1. The molecule has 0 fully saturated rings. The average Bonchev–Trinajstić information content (AvgIpc) is 3.35. The van der Waals surface area contributed by atoms with Crippen molar-refractivity contribution < 1.29 is 13.9 Å². The van der Waals surface area contributed by atoms with Gasteiger partial charge in [0.2, 0.25) is 0 Å². The molecule has 2 aromatic heterocycles.